The number of nitrogens with one attached hydrogen (secondary N) is 1. The average Bonchev–Trinajstić information content (AvgIpc) is 3.20. The van der Waals surface area contributed by atoms with Crippen molar-refractivity contribution in [2.24, 2.45) is 0 Å². The fourth-order valence-corrected chi connectivity index (χ4v) is 3.48. The van der Waals surface area contributed by atoms with Gasteiger partial charge in [-0.05, 0) is 48.5 Å². The molecule has 1 aromatic heterocycles. The Hall–Kier alpha value is -2.77. The molecule has 0 saturated carbocycles. The molecule has 0 saturated heterocycles. The lowest BCUT2D eigenvalue weighted by Gasteiger charge is -2.11. The van der Waals surface area contributed by atoms with Crippen LogP contribution in [0, 0.1) is 0 Å². The van der Waals surface area contributed by atoms with Crippen LogP contribution in [0.2, 0.25) is 0 Å². The van der Waals surface area contributed by atoms with Gasteiger partial charge in [0.2, 0.25) is 10.0 Å². The second-order valence-corrected chi connectivity index (χ2v) is 7.25. The van der Waals surface area contributed by atoms with Gasteiger partial charge in [-0.15, -0.1) is 0 Å². The van der Waals surface area contributed by atoms with Gasteiger partial charge in [-0.3, -0.25) is 0 Å². The molecule has 2 aromatic carbocycles. The highest BCUT2D eigenvalue weighted by atomic mass is 32.2. The summed E-state index contributed by atoms with van der Waals surface area (Å²) in [4.78, 5) is 0.214. The summed E-state index contributed by atoms with van der Waals surface area (Å²) in [6.45, 7) is 0.348. The van der Waals surface area contributed by atoms with E-state index in [-0.39, 0.29) is 18.0 Å². The molecule has 0 spiro atoms. The number of aromatic nitrogens is 1. The number of ether oxygens (including phenoxy) is 2. The van der Waals surface area contributed by atoms with Gasteiger partial charge in [0.1, 0.15) is 6.61 Å². The van der Waals surface area contributed by atoms with Crippen molar-refractivity contribution in [2.45, 2.75) is 4.90 Å². The maximum absolute atomic E-state index is 12.4. The van der Waals surface area contributed by atoms with Crippen molar-refractivity contribution in [3.63, 3.8) is 0 Å². The fourth-order valence-electron chi connectivity index (χ4n) is 2.46. The predicted octanol–water partition coefficient (Wildman–Crippen LogP) is 2.84. The van der Waals surface area contributed by atoms with Crippen molar-refractivity contribution in [3.8, 4) is 17.2 Å². The molecule has 0 aliphatic heterocycles. The van der Waals surface area contributed by atoms with Crippen molar-refractivity contribution in [1.82, 2.24) is 9.29 Å². The van der Waals surface area contributed by atoms with Crippen molar-refractivity contribution in [2.75, 3.05) is 20.3 Å². The SMILES string of the molecule is COc1ccccc1OCCNS(=O)(=O)c1ccc(-n2cccc2)cc1. The molecule has 0 radical (unpaired) electrons. The quantitative estimate of drug-likeness (QED) is 0.618. The first-order chi connectivity index (χ1) is 12.6. The zero-order chi connectivity index (χ0) is 18.4. The molecule has 0 aliphatic rings. The molecule has 6 nitrogen and oxygen atoms in total. The number of hydrogen-bond acceptors (Lipinski definition) is 4. The molecule has 0 aliphatic carbocycles. The molecule has 0 amide bonds. The van der Waals surface area contributed by atoms with Gasteiger partial charge in [0.25, 0.3) is 0 Å². The lowest BCUT2D eigenvalue weighted by atomic mass is 10.3. The van der Waals surface area contributed by atoms with Gasteiger partial charge in [-0.25, -0.2) is 13.1 Å². The normalized spacial score (nSPS) is 11.3. The lowest BCUT2D eigenvalue weighted by molar-refractivity contribution is 0.299. The molecule has 3 rings (SSSR count). The Morgan fingerprint density at radius 1 is 0.923 bits per heavy atom. The zero-order valence-electron chi connectivity index (χ0n) is 14.3. The predicted molar refractivity (Wildman–Crippen MR) is 99.4 cm³/mol. The second-order valence-electron chi connectivity index (χ2n) is 5.48. The molecule has 26 heavy (non-hydrogen) atoms. The van der Waals surface area contributed by atoms with Gasteiger partial charge in [-0.2, -0.15) is 0 Å². The summed E-state index contributed by atoms with van der Waals surface area (Å²) < 4.78 is 39.9. The Labute approximate surface area is 153 Å². The number of sulfonamides is 1. The largest absolute Gasteiger partial charge is 0.493 e. The maximum Gasteiger partial charge on any atom is 0.240 e. The number of benzene rings is 2. The maximum atomic E-state index is 12.4. The molecule has 1 heterocycles. The summed E-state index contributed by atoms with van der Waals surface area (Å²) >= 11 is 0. The van der Waals surface area contributed by atoms with Crippen LogP contribution < -0.4 is 14.2 Å². The molecular weight excluding hydrogens is 352 g/mol. The fraction of sp³-hybridized carbons (Fsp3) is 0.158. The highest BCUT2D eigenvalue weighted by molar-refractivity contribution is 7.89. The minimum Gasteiger partial charge on any atom is -0.493 e. The second kappa shape index (κ2) is 8.07. The Balaban J connectivity index is 1.57. The lowest BCUT2D eigenvalue weighted by Crippen LogP contribution is -2.28. The van der Waals surface area contributed by atoms with Crippen molar-refractivity contribution in [1.29, 1.82) is 0 Å². The Morgan fingerprint density at radius 2 is 1.58 bits per heavy atom. The van der Waals surface area contributed by atoms with Crippen LogP contribution in [-0.4, -0.2) is 33.2 Å². The Morgan fingerprint density at radius 3 is 2.23 bits per heavy atom. The molecule has 0 atom stereocenters. The van der Waals surface area contributed by atoms with E-state index in [1.54, 1.807) is 43.5 Å². The van der Waals surface area contributed by atoms with Crippen LogP contribution in [0.25, 0.3) is 5.69 Å². The Kier molecular flexibility index (Phi) is 5.60. The first-order valence-electron chi connectivity index (χ1n) is 8.09. The third kappa shape index (κ3) is 4.25. The van der Waals surface area contributed by atoms with Crippen LogP contribution in [0.4, 0.5) is 0 Å². The first kappa shape index (κ1) is 18.0. The number of para-hydroxylation sites is 2. The first-order valence-corrected chi connectivity index (χ1v) is 9.57. The molecule has 7 heteroatoms. The van der Waals surface area contributed by atoms with E-state index >= 15 is 0 Å². The van der Waals surface area contributed by atoms with Crippen LogP contribution in [-0.2, 0) is 10.0 Å². The summed E-state index contributed by atoms with van der Waals surface area (Å²) in [7, 11) is -2.03. The van der Waals surface area contributed by atoms with Gasteiger partial charge in [-0.1, -0.05) is 12.1 Å². The number of hydrogen-bond donors (Lipinski definition) is 1. The average molecular weight is 372 g/mol. The minimum absolute atomic E-state index is 0.153. The third-order valence-corrected chi connectivity index (χ3v) is 5.25. The molecule has 1 N–H and O–H groups in total. The molecule has 0 bridgehead atoms. The molecule has 3 aromatic rings. The number of nitrogens with zero attached hydrogens (tertiary/aromatic N) is 1. The van der Waals surface area contributed by atoms with Gasteiger partial charge in [0.05, 0.1) is 12.0 Å². The highest BCUT2D eigenvalue weighted by Gasteiger charge is 2.13. The summed E-state index contributed by atoms with van der Waals surface area (Å²) in [5, 5.41) is 0. The van der Waals surface area contributed by atoms with E-state index in [1.165, 1.54) is 0 Å². The van der Waals surface area contributed by atoms with Crippen LogP contribution in [0.15, 0.2) is 78.0 Å². The van der Waals surface area contributed by atoms with Gasteiger partial charge >= 0.3 is 0 Å². The van der Waals surface area contributed by atoms with Crippen LogP contribution in [0.1, 0.15) is 0 Å². The molecule has 0 unspecified atom stereocenters. The van der Waals surface area contributed by atoms with E-state index in [1.807, 2.05) is 41.2 Å². The van der Waals surface area contributed by atoms with E-state index in [2.05, 4.69) is 4.72 Å². The van der Waals surface area contributed by atoms with Crippen molar-refractivity contribution < 1.29 is 17.9 Å². The van der Waals surface area contributed by atoms with Crippen LogP contribution >= 0.6 is 0 Å². The molecule has 136 valence electrons. The van der Waals surface area contributed by atoms with Crippen molar-refractivity contribution in [3.05, 3.63) is 73.1 Å². The van der Waals surface area contributed by atoms with Gasteiger partial charge in [0.15, 0.2) is 11.5 Å². The zero-order valence-corrected chi connectivity index (χ0v) is 15.1. The van der Waals surface area contributed by atoms with E-state index in [0.29, 0.717) is 11.5 Å². The van der Waals surface area contributed by atoms with Gasteiger partial charge in [0, 0.05) is 24.6 Å². The van der Waals surface area contributed by atoms with Crippen LogP contribution in [0.3, 0.4) is 0 Å². The van der Waals surface area contributed by atoms with Gasteiger partial charge < -0.3 is 14.0 Å². The summed E-state index contributed by atoms with van der Waals surface area (Å²) in [5.74, 6) is 1.18. The van der Waals surface area contributed by atoms with Crippen molar-refractivity contribution >= 4 is 10.0 Å². The third-order valence-electron chi connectivity index (χ3n) is 3.77. The highest BCUT2D eigenvalue weighted by Crippen LogP contribution is 2.25. The smallest absolute Gasteiger partial charge is 0.240 e. The summed E-state index contributed by atoms with van der Waals surface area (Å²) in [6.07, 6.45) is 3.80. The topological polar surface area (TPSA) is 69.6 Å². The number of rotatable bonds is 8. The summed E-state index contributed by atoms with van der Waals surface area (Å²) in [5.41, 5.74) is 0.897. The number of methoxy groups -OCH3 is 1. The minimum atomic E-state index is -3.59. The van der Waals surface area contributed by atoms with Crippen LogP contribution in [0.5, 0.6) is 11.5 Å². The van der Waals surface area contributed by atoms with E-state index in [9.17, 15) is 8.42 Å². The Bertz CT molecular complexity index is 936. The monoisotopic (exact) mass is 372 g/mol. The van der Waals surface area contributed by atoms with E-state index in [0.717, 1.165) is 5.69 Å². The standard InChI is InChI=1S/C19H20N2O4S/c1-24-18-6-2-3-7-19(18)25-15-12-20-26(22,23)17-10-8-16(9-11-17)21-13-4-5-14-21/h2-11,13-14,20H,12,15H2,1H3. The molecule has 0 fully saturated rings. The molecular formula is C19H20N2O4S. The van der Waals surface area contributed by atoms with E-state index < -0.39 is 10.0 Å². The van der Waals surface area contributed by atoms with E-state index in [4.69, 9.17) is 9.47 Å². The summed E-state index contributed by atoms with van der Waals surface area (Å²) in [6, 6.07) is 17.7.